The van der Waals surface area contributed by atoms with Crippen molar-refractivity contribution in [2.45, 2.75) is 0 Å². The molecule has 0 bridgehead atoms. The molecular formula is C54H33NO2S. The van der Waals surface area contributed by atoms with Gasteiger partial charge in [0.05, 0.1) is 11.1 Å². The van der Waals surface area contributed by atoms with Gasteiger partial charge in [0.1, 0.15) is 22.3 Å². The lowest BCUT2D eigenvalue weighted by molar-refractivity contribution is 0.669. The van der Waals surface area contributed by atoms with Crippen LogP contribution >= 0.6 is 11.3 Å². The molecule has 3 heterocycles. The van der Waals surface area contributed by atoms with Crippen LogP contribution in [0.1, 0.15) is 0 Å². The molecule has 0 saturated carbocycles. The minimum atomic E-state index is 0.852. The summed E-state index contributed by atoms with van der Waals surface area (Å²) in [5, 5.41) is 6.86. The van der Waals surface area contributed by atoms with E-state index in [0.717, 1.165) is 94.3 Å². The molecule has 4 heteroatoms. The molecule has 9 aromatic carbocycles. The van der Waals surface area contributed by atoms with Gasteiger partial charge >= 0.3 is 0 Å². The molecule has 0 saturated heterocycles. The minimum Gasteiger partial charge on any atom is -0.456 e. The summed E-state index contributed by atoms with van der Waals surface area (Å²) < 4.78 is 16.1. The third-order valence-corrected chi connectivity index (χ3v) is 12.6. The molecule has 272 valence electrons. The zero-order chi connectivity index (χ0) is 38.2. The summed E-state index contributed by atoms with van der Waals surface area (Å²) in [5.74, 6) is 0. The van der Waals surface area contributed by atoms with Gasteiger partial charge < -0.3 is 13.7 Å². The first-order chi connectivity index (χ1) is 28.7. The lowest BCUT2D eigenvalue weighted by Gasteiger charge is -2.27. The van der Waals surface area contributed by atoms with E-state index < -0.39 is 0 Å². The molecule has 0 atom stereocenters. The summed E-state index contributed by atoms with van der Waals surface area (Å²) >= 11 is 1.84. The van der Waals surface area contributed by atoms with E-state index >= 15 is 0 Å². The highest BCUT2D eigenvalue weighted by Gasteiger charge is 2.24. The molecule has 3 nitrogen and oxygen atoms in total. The second-order valence-corrected chi connectivity index (χ2v) is 15.9. The maximum atomic E-state index is 7.01. The number of benzene rings is 9. The molecule has 0 unspecified atom stereocenters. The van der Waals surface area contributed by atoms with Crippen molar-refractivity contribution in [1.29, 1.82) is 0 Å². The Bertz CT molecular complexity index is 3510. The SMILES string of the molecule is c1ccc(-c2ccc3c(c2)oc2c(-c4ccccc4)ccc(N(c4ccc5c(c4)sc4ccccc45)c4ccc5oc6cccc(-c7ccccc7)c6c5c4)c23)cc1. The van der Waals surface area contributed by atoms with Crippen LogP contribution in [0.15, 0.2) is 209 Å². The van der Waals surface area contributed by atoms with Gasteiger partial charge in [-0.05, 0) is 94.5 Å². The summed E-state index contributed by atoms with van der Waals surface area (Å²) in [6.07, 6.45) is 0. The van der Waals surface area contributed by atoms with Gasteiger partial charge in [-0.2, -0.15) is 0 Å². The third kappa shape index (κ3) is 5.19. The van der Waals surface area contributed by atoms with E-state index in [-0.39, 0.29) is 0 Å². The van der Waals surface area contributed by atoms with Crippen LogP contribution in [0.5, 0.6) is 0 Å². The lowest BCUT2D eigenvalue weighted by Crippen LogP contribution is -2.10. The monoisotopic (exact) mass is 759 g/mol. The molecule has 12 rings (SSSR count). The summed E-state index contributed by atoms with van der Waals surface area (Å²) in [4.78, 5) is 2.41. The Kier molecular flexibility index (Phi) is 7.40. The second kappa shape index (κ2) is 13.1. The molecule has 0 amide bonds. The van der Waals surface area contributed by atoms with Gasteiger partial charge in [0.2, 0.25) is 0 Å². The predicted octanol–water partition coefficient (Wildman–Crippen LogP) is 16.3. The summed E-state index contributed by atoms with van der Waals surface area (Å²) in [5.41, 5.74) is 13.3. The molecule has 0 fully saturated rings. The van der Waals surface area contributed by atoms with Gasteiger partial charge in [0, 0.05) is 53.3 Å². The Morgan fingerprint density at radius 3 is 1.83 bits per heavy atom. The number of hydrogen-bond acceptors (Lipinski definition) is 4. The lowest BCUT2D eigenvalue weighted by atomic mass is 9.98. The van der Waals surface area contributed by atoms with Gasteiger partial charge in [-0.1, -0.05) is 133 Å². The average Bonchev–Trinajstić information content (AvgIpc) is 3.98. The van der Waals surface area contributed by atoms with Gasteiger partial charge in [0.15, 0.2) is 0 Å². The number of fused-ring (bicyclic) bond motifs is 9. The van der Waals surface area contributed by atoms with Crippen LogP contribution < -0.4 is 4.90 Å². The Morgan fingerprint density at radius 1 is 0.345 bits per heavy atom. The molecular weight excluding hydrogens is 727 g/mol. The molecule has 0 aliphatic heterocycles. The van der Waals surface area contributed by atoms with Crippen molar-refractivity contribution in [3.05, 3.63) is 200 Å². The Labute approximate surface area is 338 Å². The Morgan fingerprint density at radius 2 is 1.02 bits per heavy atom. The van der Waals surface area contributed by atoms with Crippen molar-refractivity contribution >= 4 is 92.4 Å². The van der Waals surface area contributed by atoms with E-state index in [1.54, 1.807) is 0 Å². The highest BCUT2D eigenvalue weighted by molar-refractivity contribution is 7.25. The highest BCUT2D eigenvalue weighted by atomic mass is 32.1. The first-order valence-electron chi connectivity index (χ1n) is 19.6. The molecule has 0 aliphatic rings. The van der Waals surface area contributed by atoms with Gasteiger partial charge in [-0.15, -0.1) is 11.3 Å². The fourth-order valence-electron chi connectivity index (χ4n) is 8.80. The smallest absolute Gasteiger partial charge is 0.145 e. The molecule has 12 aromatic rings. The molecule has 58 heavy (non-hydrogen) atoms. The first kappa shape index (κ1) is 32.8. The quantitative estimate of drug-likeness (QED) is 0.169. The van der Waals surface area contributed by atoms with E-state index in [2.05, 4.69) is 205 Å². The summed E-state index contributed by atoms with van der Waals surface area (Å²) in [7, 11) is 0. The van der Waals surface area contributed by atoms with Crippen molar-refractivity contribution in [1.82, 2.24) is 0 Å². The topological polar surface area (TPSA) is 29.5 Å². The van der Waals surface area contributed by atoms with E-state index in [1.165, 1.54) is 20.2 Å². The van der Waals surface area contributed by atoms with Crippen LogP contribution in [-0.2, 0) is 0 Å². The van der Waals surface area contributed by atoms with Crippen molar-refractivity contribution in [2.24, 2.45) is 0 Å². The molecule has 0 spiro atoms. The van der Waals surface area contributed by atoms with E-state index in [9.17, 15) is 0 Å². The van der Waals surface area contributed by atoms with Gasteiger partial charge in [-0.3, -0.25) is 0 Å². The number of rotatable bonds is 6. The standard InChI is InChI=1S/C54H33NO2S/c1-4-13-34(14-5-1)37-23-26-44-49(31-37)57-54-41(36-17-8-3-9-18-36)28-29-46(53(44)54)55(39-24-27-43-42-19-10-11-22-50(42)58-51(43)33-39)38-25-30-47-45(32-38)52-40(20-12-21-48(52)56-47)35-15-6-2-7-16-35/h1-33H. The highest BCUT2D eigenvalue weighted by Crippen LogP contribution is 2.49. The van der Waals surface area contributed by atoms with Crippen LogP contribution in [0.2, 0.25) is 0 Å². The number of anilines is 3. The number of furan rings is 2. The minimum absolute atomic E-state index is 0.852. The van der Waals surface area contributed by atoms with Crippen LogP contribution in [0.4, 0.5) is 17.1 Å². The summed E-state index contributed by atoms with van der Waals surface area (Å²) in [6.45, 7) is 0. The normalized spacial score (nSPS) is 11.8. The Balaban J connectivity index is 1.15. The maximum Gasteiger partial charge on any atom is 0.145 e. The zero-order valence-electron chi connectivity index (χ0n) is 31.2. The zero-order valence-corrected chi connectivity index (χ0v) is 32.0. The fraction of sp³-hybridized carbons (Fsp3) is 0. The number of nitrogens with zero attached hydrogens (tertiary/aromatic N) is 1. The Hall–Kier alpha value is -7.40. The molecule has 0 aliphatic carbocycles. The van der Waals surface area contributed by atoms with Gasteiger partial charge in [0.25, 0.3) is 0 Å². The fourth-order valence-corrected chi connectivity index (χ4v) is 9.94. The third-order valence-electron chi connectivity index (χ3n) is 11.5. The molecule has 0 N–H and O–H groups in total. The summed E-state index contributed by atoms with van der Waals surface area (Å²) in [6, 6.07) is 71.3. The number of hydrogen-bond donors (Lipinski definition) is 0. The van der Waals surface area contributed by atoms with Crippen LogP contribution in [-0.4, -0.2) is 0 Å². The van der Waals surface area contributed by atoms with E-state index in [4.69, 9.17) is 8.83 Å². The maximum absolute atomic E-state index is 7.01. The van der Waals surface area contributed by atoms with Crippen molar-refractivity contribution < 1.29 is 8.83 Å². The van der Waals surface area contributed by atoms with Gasteiger partial charge in [-0.25, -0.2) is 0 Å². The van der Waals surface area contributed by atoms with Crippen LogP contribution in [0, 0.1) is 0 Å². The van der Waals surface area contributed by atoms with Crippen molar-refractivity contribution in [2.75, 3.05) is 4.90 Å². The van der Waals surface area contributed by atoms with E-state index in [1.807, 2.05) is 11.3 Å². The molecule has 3 aromatic heterocycles. The molecule has 0 radical (unpaired) electrons. The van der Waals surface area contributed by atoms with Crippen molar-refractivity contribution in [3.8, 4) is 33.4 Å². The van der Waals surface area contributed by atoms with Crippen LogP contribution in [0.3, 0.4) is 0 Å². The first-order valence-corrected chi connectivity index (χ1v) is 20.4. The van der Waals surface area contributed by atoms with Crippen molar-refractivity contribution in [3.63, 3.8) is 0 Å². The average molecular weight is 760 g/mol. The predicted molar refractivity (Wildman–Crippen MR) is 245 cm³/mol. The van der Waals surface area contributed by atoms with E-state index in [0.29, 0.717) is 0 Å². The van der Waals surface area contributed by atoms with Crippen LogP contribution in [0.25, 0.3) is 97.4 Å². The number of thiophene rings is 1. The second-order valence-electron chi connectivity index (χ2n) is 14.8. The largest absolute Gasteiger partial charge is 0.456 e.